The maximum atomic E-state index is 14.3. The third kappa shape index (κ3) is 6.02. The van der Waals surface area contributed by atoms with Gasteiger partial charge in [-0.1, -0.05) is 65.0 Å². The number of halogens is 1. The van der Waals surface area contributed by atoms with Crippen LogP contribution in [-0.2, 0) is 18.9 Å². The highest BCUT2D eigenvalue weighted by Crippen LogP contribution is 2.35. The van der Waals surface area contributed by atoms with Crippen molar-refractivity contribution in [2.24, 2.45) is 18.7 Å². The lowest BCUT2D eigenvalue weighted by atomic mass is 9.91. The molecule has 1 amide bonds. The fourth-order valence-corrected chi connectivity index (χ4v) is 5.04. The molecule has 4 aromatic rings. The summed E-state index contributed by atoms with van der Waals surface area (Å²) in [5.74, 6) is -0.504. The van der Waals surface area contributed by atoms with Gasteiger partial charge in [-0.15, -0.1) is 0 Å². The molecule has 0 bridgehead atoms. The van der Waals surface area contributed by atoms with E-state index in [1.54, 1.807) is 16.6 Å². The summed E-state index contributed by atoms with van der Waals surface area (Å²) in [4.78, 5) is 29.9. The van der Waals surface area contributed by atoms with Gasteiger partial charge in [0, 0.05) is 37.1 Å². The first-order valence-corrected chi connectivity index (χ1v) is 13.8. The SMILES string of the molecule is CC(C)C(c1oc2cc(F)ccc2c(=O)c1Cc1ccccc1)N(CCCN)C(=O)c1cc(C(C)(C)C)nn1C. The fourth-order valence-electron chi connectivity index (χ4n) is 5.04. The minimum atomic E-state index is -0.605. The summed E-state index contributed by atoms with van der Waals surface area (Å²) >= 11 is 0. The molecule has 0 saturated carbocycles. The van der Waals surface area contributed by atoms with Crippen molar-refractivity contribution in [2.75, 3.05) is 13.1 Å². The fraction of sp³-hybridized carbons (Fsp3) is 0.406. The van der Waals surface area contributed by atoms with E-state index >= 15 is 0 Å². The van der Waals surface area contributed by atoms with Crippen molar-refractivity contribution in [1.29, 1.82) is 0 Å². The number of rotatable bonds is 9. The smallest absolute Gasteiger partial charge is 0.272 e. The van der Waals surface area contributed by atoms with Gasteiger partial charge >= 0.3 is 0 Å². The van der Waals surface area contributed by atoms with Gasteiger partial charge in [-0.2, -0.15) is 5.10 Å². The number of nitrogens with zero attached hydrogens (tertiary/aromatic N) is 3. The zero-order valence-corrected chi connectivity index (χ0v) is 24.2. The van der Waals surface area contributed by atoms with Crippen LogP contribution in [0.25, 0.3) is 11.0 Å². The predicted octanol–water partition coefficient (Wildman–Crippen LogP) is 5.74. The second kappa shape index (κ2) is 11.8. The average Bonchev–Trinajstić information content (AvgIpc) is 3.30. The topological polar surface area (TPSA) is 94.4 Å². The van der Waals surface area contributed by atoms with E-state index in [-0.39, 0.29) is 28.3 Å². The summed E-state index contributed by atoms with van der Waals surface area (Å²) in [5.41, 5.74) is 8.21. The number of nitrogens with two attached hydrogens (primary N) is 1. The Morgan fingerprint density at radius 2 is 1.82 bits per heavy atom. The van der Waals surface area contributed by atoms with Crippen LogP contribution in [0.15, 0.2) is 63.8 Å². The van der Waals surface area contributed by atoms with Crippen LogP contribution in [0.5, 0.6) is 0 Å². The third-order valence-corrected chi connectivity index (χ3v) is 7.17. The number of aromatic nitrogens is 2. The number of fused-ring (bicyclic) bond motifs is 1. The Hall–Kier alpha value is -3.78. The maximum Gasteiger partial charge on any atom is 0.272 e. The molecule has 2 heterocycles. The van der Waals surface area contributed by atoms with Crippen molar-refractivity contribution in [3.63, 3.8) is 0 Å². The van der Waals surface area contributed by atoms with Gasteiger partial charge in [-0.05, 0) is 42.6 Å². The normalized spacial score (nSPS) is 12.7. The molecule has 4 rings (SSSR count). The Morgan fingerprint density at radius 3 is 2.42 bits per heavy atom. The molecule has 2 N–H and O–H groups in total. The molecule has 0 aliphatic rings. The molecule has 0 fully saturated rings. The lowest BCUT2D eigenvalue weighted by Crippen LogP contribution is -2.40. The van der Waals surface area contributed by atoms with Gasteiger partial charge in [0.1, 0.15) is 22.9 Å². The van der Waals surface area contributed by atoms with Crippen LogP contribution in [-0.4, -0.2) is 33.7 Å². The van der Waals surface area contributed by atoms with Crippen molar-refractivity contribution >= 4 is 16.9 Å². The Kier molecular flexibility index (Phi) is 8.59. The first kappa shape index (κ1) is 29.2. The molecule has 0 spiro atoms. The highest BCUT2D eigenvalue weighted by Gasteiger charge is 2.35. The summed E-state index contributed by atoms with van der Waals surface area (Å²) in [7, 11) is 1.76. The van der Waals surface area contributed by atoms with Crippen LogP contribution in [0.3, 0.4) is 0 Å². The van der Waals surface area contributed by atoms with Crippen molar-refractivity contribution in [2.45, 2.75) is 58.9 Å². The molecule has 1 atom stereocenters. The monoisotopic (exact) mass is 546 g/mol. The van der Waals surface area contributed by atoms with E-state index in [4.69, 9.17) is 10.2 Å². The molecule has 1 unspecified atom stereocenters. The van der Waals surface area contributed by atoms with E-state index < -0.39 is 11.9 Å². The van der Waals surface area contributed by atoms with Crippen molar-refractivity contribution in [1.82, 2.24) is 14.7 Å². The van der Waals surface area contributed by atoms with Gasteiger partial charge in [0.25, 0.3) is 5.91 Å². The minimum absolute atomic E-state index is 0.138. The van der Waals surface area contributed by atoms with Gasteiger partial charge in [0.15, 0.2) is 5.43 Å². The van der Waals surface area contributed by atoms with Crippen LogP contribution >= 0.6 is 0 Å². The van der Waals surface area contributed by atoms with Crippen LogP contribution in [0.2, 0.25) is 0 Å². The zero-order chi connectivity index (χ0) is 29.2. The number of hydrogen-bond acceptors (Lipinski definition) is 5. The van der Waals surface area contributed by atoms with Crippen molar-refractivity contribution in [3.8, 4) is 0 Å². The van der Waals surface area contributed by atoms with Gasteiger partial charge in [0.05, 0.1) is 17.1 Å². The molecule has 0 aliphatic carbocycles. The standard InChI is InChI=1S/C32H39FN4O3/c1-20(2)28(37(16-10-15-34)31(39)25-19-27(32(3,4)5)35-36(25)6)30-24(17-21-11-8-7-9-12-21)29(38)23-14-13-22(33)18-26(23)40-30/h7-9,11-14,18-20,28H,10,15-17,34H2,1-6H3. The summed E-state index contributed by atoms with van der Waals surface area (Å²) < 4.78 is 22.3. The van der Waals surface area contributed by atoms with Gasteiger partial charge < -0.3 is 15.1 Å². The third-order valence-electron chi connectivity index (χ3n) is 7.17. The second-order valence-corrected chi connectivity index (χ2v) is 11.7. The van der Waals surface area contributed by atoms with Gasteiger partial charge in [-0.25, -0.2) is 4.39 Å². The van der Waals surface area contributed by atoms with Crippen molar-refractivity contribution < 1.29 is 13.6 Å². The highest BCUT2D eigenvalue weighted by molar-refractivity contribution is 5.93. The zero-order valence-electron chi connectivity index (χ0n) is 24.2. The van der Waals surface area contributed by atoms with Crippen LogP contribution < -0.4 is 11.2 Å². The van der Waals surface area contributed by atoms with E-state index in [2.05, 4.69) is 5.10 Å². The van der Waals surface area contributed by atoms with Crippen LogP contribution in [0.1, 0.15) is 80.2 Å². The number of carbonyl (C=O) groups is 1. The Bertz CT molecular complexity index is 1550. The number of aryl methyl sites for hydroxylation is 1. The molecule has 7 nitrogen and oxygen atoms in total. The van der Waals surface area contributed by atoms with E-state index in [0.29, 0.717) is 48.3 Å². The largest absolute Gasteiger partial charge is 0.458 e. The Balaban J connectivity index is 1.94. The summed E-state index contributed by atoms with van der Waals surface area (Å²) in [6.07, 6.45) is 0.868. The molecule has 8 heteroatoms. The average molecular weight is 547 g/mol. The van der Waals surface area contributed by atoms with Crippen LogP contribution in [0.4, 0.5) is 4.39 Å². The second-order valence-electron chi connectivity index (χ2n) is 11.7. The lowest BCUT2D eigenvalue weighted by Gasteiger charge is -2.35. The molecular weight excluding hydrogens is 507 g/mol. The van der Waals surface area contributed by atoms with E-state index in [1.165, 1.54) is 18.2 Å². The molecule has 2 aromatic carbocycles. The van der Waals surface area contributed by atoms with E-state index in [9.17, 15) is 14.0 Å². The Morgan fingerprint density at radius 1 is 1.12 bits per heavy atom. The number of benzene rings is 2. The highest BCUT2D eigenvalue weighted by atomic mass is 19.1. The van der Waals surface area contributed by atoms with Gasteiger partial charge in [-0.3, -0.25) is 14.3 Å². The first-order valence-electron chi connectivity index (χ1n) is 13.8. The maximum absolute atomic E-state index is 14.3. The molecule has 0 radical (unpaired) electrons. The van der Waals surface area contributed by atoms with Gasteiger partial charge in [0.2, 0.25) is 0 Å². The summed E-state index contributed by atoms with van der Waals surface area (Å²) in [6, 6.07) is 14.8. The summed E-state index contributed by atoms with van der Waals surface area (Å²) in [5, 5.41) is 4.92. The van der Waals surface area contributed by atoms with Crippen molar-refractivity contribution in [3.05, 3.63) is 98.9 Å². The molecule has 40 heavy (non-hydrogen) atoms. The minimum Gasteiger partial charge on any atom is -0.458 e. The molecule has 212 valence electrons. The molecule has 0 saturated heterocycles. The lowest BCUT2D eigenvalue weighted by molar-refractivity contribution is 0.0576. The molecule has 0 aliphatic heterocycles. The molecule has 2 aromatic heterocycles. The quantitative estimate of drug-likeness (QED) is 0.289. The number of amides is 1. The molecular formula is C32H39FN4O3. The Labute approximate surface area is 234 Å². The van der Waals surface area contributed by atoms with E-state index in [1.807, 2.05) is 71.0 Å². The predicted molar refractivity (Wildman–Crippen MR) is 156 cm³/mol. The van der Waals surface area contributed by atoms with Crippen LogP contribution in [0, 0.1) is 11.7 Å². The number of carbonyl (C=O) groups excluding carboxylic acids is 1. The first-order chi connectivity index (χ1) is 18.9. The van der Waals surface area contributed by atoms with E-state index in [0.717, 1.165) is 11.3 Å². The summed E-state index contributed by atoms with van der Waals surface area (Å²) in [6.45, 7) is 10.8. The number of hydrogen-bond donors (Lipinski definition) is 1.